The first kappa shape index (κ1) is 29.4. The van der Waals surface area contributed by atoms with Crippen molar-refractivity contribution in [3.63, 3.8) is 0 Å². The maximum Gasteiger partial charge on any atom is 0.261 e. The molecule has 3 rings (SSSR count). The molecule has 0 spiro atoms. The van der Waals surface area contributed by atoms with Crippen molar-refractivity contribution >= 4 is 27.7 Å². The minimum Gasteiger partial charge on any atom is -0.483 e. The number of para-hydroxylation sites is 1. The summed E-state index contributed by atoms with van der Waals surface area (Å²) in [4.78, 5) is 29.0. The van der Waals surface area contributed by atoms with Gasteiger partial charge in [0, 0.05) is 24.0 Å². The van der Waals surface area contributed by atoms with Crippen LogP contribution in [0.2, 0.25) is 0 Å². The molecule has 1 unspecified atom stereocenters. The van der Waals surface area contributed by atoms with Crippen molar-refractivity contribution in [3.05, 3.63) is 100 Å². The molecule has 6 heteroatoms. The van der Waals surface area contributed by atoms with E-state index in [9.17, 15) is 9.59 Å². The van der Waals surface area contributed by atoms with E-state index in [2.05, 4.69) is 48.9 Å². The Balaban J connectivity index is 1.91. The summed E-state index contributed by atoms with van der Waals surface area (Å²) in [7, 11) is 0. The van der Waals surface area contributed by atoms with Gasteiger partial charge in [0.15, 0.2) is 6.61 Å². The van der Waals surface area contributed by atoms with E-state index in [1.54, 1.807) is 4.90 Å². The van der Waals surface area contributed by atoms with Gasteiger partial charge in [0.2, 0.25) is 5.91 Å². The normalized spacial score (nSPS) is 12.0. The Hall–Kier alpha value is -3.12. The fourth-order valence-electron chi connectivity index (χ4n) is 4.28. The lowest BCUT2D eigenvalue weighted by atomic mass is 9.86. The van der Waals surface area contributed by atoms with Crippen LogP contribution in [0.15, 0.2) is 83.3 Å². The van der Waals surface area contributed by atoms with Crippen LogP contribution in [0.25, 0.3) is 0 Å². The van der Waals surface area contributed by atoms with Gasteiger partial charge in [-0.25, -0.2) is 0 Å². The Labute approximate surface area is 235 Å². The molecule has 0 radical (unpaired) electrons. The highest BCUT2D eigenvalue weighted by Gasteiger charge is 2.31. The number of hydrogen-bond acceptors (Lipinski definition) is 3. The predicted molar refractivity (Wildman–Crippen MR) is 157 cm³/mol. The number of nitrogens with one attached hydrogen (secondary N) is 1. The van der Waals surface area contributed by atoms with E-state index in [0.717, 1.165) is 34.0 Å². The summed E-state index contributed by atoms with van der Waals surface area (Å²) in [5, 5.41) is 3.06. The number of unbranched alkanes of at least 4 members (excludes halogenated alkanes) is 1. The van der Waals surface area contributed by atoms with Gasteiger partial charge in [-0.3, -0.25) is 9.59 Å². The van der Waals surface area contributed by atoms with Crippen molar-refractivity contribution < 1.29 is 14.3 Å². The third-order valence-corrected chi connectivity index (χ3v) is 6.94. The summed E-state index contributed by atoms with van der Waals surface area (Å²) in [5.74, 6) is 0.301. The quantitative estimate of drug-likeness (QED) is 0.244. The number of carbonyl (C=O) groups excluding carboxylic acids is 2. The molecule has 0 saturated carbocycles. The lowest BCUT2D eigenvalue weighted by Gasteiger charge is -2.32. The highest BCUT2D eigenvalue weighted by molar-refractivity contribution is 9.10. The van der Waals surface area contributed by atoms with Gasteiger partial charge in [0.25, 0.3) is 5.91 Å². The van der Waals surface area contributed by atoms with Crippen molar-refractivity contribution in [3.8, 4) is 5.75 Å². The molecule has 202 valence electrons. The van der Waals surface area contributed by atoms with Gasteiger partial charge in [-0.1, -0.05) is 111 Å². The molecule has 38 heavy (non-hydrogen) atoms. The number of benzene rings is 3. The largest absolute Gasteiger partial charge is 0.483 e. The minimum absolute atomic E-state index is 0.133. The third kappa shape index (κ3) is 8.73. The van der Waals surface area contributed by atoms with Crippen LogP contribution in [0.5, 0.6) is 5.75 Å². The Morgan fingerprint density at radius 1 is 0.921 bits per heavy atom. The van der Waals surface area contributed by atoms with Crippen LogP contribution in [-0.2, 0) is 28.0 Å². The number of hydrogen-bond donors (Lipinski definition) is 1. The van der Waals surface area contributed by atoms with E-state index in [-0.39, 0.29) is 23.8 Å². The maximum absolute atomic E-state index is 13.8. The number of carbonyl (C=O) groups is 2. The van der Waals surface area contributed by atoms with Crippen molar-refractivity contribution in [1.82, 2.24) is 10.2 Å². The number of amides is 2. The molecule has 0 aliphatic rings. The minimum atomic E-state index is -0.674. The van der Waals surface area contributed by atoms with Crippen LogP contribution < -0.4 is 10.1 Å². The monoisotopic (exact) mass is 578 g/mol. The zero-order valence-electron chi connectivity index (χ0n) is 22.9. The van der Waals surface area contributed by atoms with E-state index in [4.69, 9.17) is 4.74 Å². The molecule has 3 aromatic carbocycles. The lowest BCUT2D eigenvalue weighted by Crippen LogP contribution is -2.51. The van der Waals surface area contributed by atoms with Crippen LogP contribution in [-0.4, -0.2) is 35.9 Å². The molecule has 0 bridgehead atoms. The van der Waals surface area contributed by atoms with E-state index >= 15 is 0 Å². The third-order valence-electron chi connectivity index (χ3n) is 6.41. The van der Waals surface area contributed by atoms with Crippen molar-refractivity contribution in [1.29, 1.82) is 0 Å². The molecule has 0 aromatic heterocycles. The van der Waals surface area contributed by atoms with Crippen molar-refractivity contribution in [2.75, 3.05) is 13.2 Å². The van der Waals surface area contributed by atoms with Crippen molar-refractivity contribution in [2.24, 2.45) is 0 Å². The van der Waals surface area contributed by atoms with Crippen LogP contribution in [0.4, 0.5) is 0 Å². The van der Waals surface area contributed by atoms with Crippen molar-refractivity contribution in [2.45, 2.75) is 65.0 Å². The van der Waals surface area contributed by atoms with Crippen LogP contribution >= 0.6 is 15.9 Å². The summed E-state index contributed by atoms with van der Waals surface area (Å²) in [6.07, 6.45) is 2.28. The summed E-state index contributed by atoms with van der Waals surface area (Å²) in [5.41, 5.74) is 2.84. The molecular weight excluding hydrogens is 540 g/mol. The molecule has 2 amide bonds. The summed E-state index contributed by atoms with van der Waals surface area (Å²) < 4.78 is 7.07. The first-order valence-corrected chi connectivity index (χ1v) is 14.1. The fourth-order valence-corrected chi connectivity index (χ4v) is 4.55. The smallest absolute Gasteiger partial charge is 0.261 e. The van der Waals surface area contributed by atoms with E-state index in [1.165, 1.54) is 0 Å². The fraction of sp³-hybridized carbons (Fsp3) is 0.375. The van der Waals surface area contributed by atoms with E-state index < -0.39 is 6.04 Å². The summed E-state index contributed by atoms with van der Waals surface area (Å²) in [6, 6.07) is 24.8. The van der Waals surface area contributed by atoms with Gasteiger partial charge >= 0.3 is 0 Å². The van der Waals surface area contributed by atoms with E-state index in [1.807, 2.05) is 78.9 Å². The van der Waals surface area contributed by atoms with Gasteiger partial charge in [-0.15, -0.1) is 0 Å². The van der Waals surface area contributed by atoms with Gasteiger partial charge in [0.05, 0.1) is 0 Å². The van der Waals surface area contributed by atoms with Crippen LogP contribution in [0.3, 0.4) is 0 Å². The first-order chi connectivity index (χ1) is 18.2. The SMILES string of the molecule is CCCCNC(=O)C(Cc1ccccc1)N(Cc1ccc(Br)cc1)C(=O)COc1ccccc1C(C)(C)C. The molecular formula is C32H39BrN2O3. The molecule has 0 heterocycles. The molecule has 0 aliphatic heterocycles. The average molecular weight is 580 g/mol. The number of nitrogens with zero attached hydrogens (tertiary/aromatic N) is 1. The number of halogens is 1. The molecule has 3 aromatic rings. The molecule has 0 fully saturated rings. The standard InChI is InChI=1S/C32H39BrN2O3/c1-5-6-20-34-31(37)28(21-24-12-8-7-9-13-24)35(22-25-16-18-26(33)19-17-25)30(36)23-38-29-15-11-10-14-27(29)32(2,3)4/h7-19,28H,5-6,20-23H2,1-4H3,(H,34,37). The molecule has 0 saturated heterocycles. The Bertz CT molecular complexity index is 1170. The Morgan fingerprint density at radius 2 is 1.58 bits per heavy atom. The van der Waals surface area contributed by atoms with E-state index in [0.29, 0.717) is 25.3 Å². The van der Waals surface area contributed by atoms with Gasteiger partial charge < -0.3 is 15.0 Å². The molecule has 5 nitrogen and oxygen atoms in total. The highest BCUT2D eigenvalue weighted by Crippen LogP contribution is 2.31. The Kier molecular flexibility index (Phi) is 11.0. The number of rotatable bonds is 12. The van der Waals surface area contributed by atoms with Gasteiger partial charge in [-0.05, 0) is 46.7 Å². The molecule has 1 N–H and O–H groups in total. The summed E-state index contributed by atoms with van der Waals surface area (Å²) in [6.45, 7) is 9.17. The number of ether oxygens (including phenoxy) is 1. The molecule has 1 atom stereocenters. The highest BCUT2D eigenvalue weighted by atomic mass is 79.9. The second-order valence-corrected chi connectivity index (χ2v) is 11.4. The topological polar surface area (TPSA) is 58.6 Å². The average Bonchev–Trinajstić information content (AvgIpc) is 2.90. The molecule has 0 aliphatic carbocycles. The van der Waals surface area contributed by atoms with Crippen LogP contribution in [0.1, 0.15) is 57.2 Å². The summed E-state index contributed by atoms with van der Waals surface area (Å²) >= 11 is 3.48. The predicted octanol–water partition coefficient (Wildman–Crippen LogP) is 6.68. The zero-order chi connectivity index (χ0) is 27.5. The second-order valence-electron chi connectivity index (χ2n) is 10.5. The van der Waals surface area contributed by atoms with Crippen LogP contribution in [0, 0.1) is 0 Å². The Morgan fingerprint density at radius 3 is 2.24 bits per heavy atom. The lowest BCUT2D eigenvalue weighted by molar-refractivity contribution is -0.142. The zero-order valence-corrected chi connectivity index (χ0v) is 24.5. The van der Waals surface area contributed by atoms with Gasteiger partial charge in [0.1, 0.15) is 11.8 Å². The second kappa shape index (κ2) is 14.1. The first-order valence-electron chi connectivity index (χ1n) is 13.3. The van der Waals surface area contributed by atoms with Gasteiger partial charge in [-0.2, -0.15) is 0 Å². The maximum atomic E-state index is 13.8.